The van der Waals surface area contributed by atoms with Crippen LogP contribution in [0, 0.1) is 11.6 Å². The van der Waals surface area contributed by atoms with Gasteiger partial charge in [-0.05, 0) is 23.4 Å². The molecule has 0 spiro atoms. The van der Waals surface area contributed by atoms with Gasteiger partial charge in [-0.3, -0.25) is 4.98 Å². The van der Waals surface area contributed by atoms with Gasteiger partial charge in [0.2, 0.25) is 5.82 Å². The Bertz CT molecular complexity index is 778. The zero-order valence-corrected chi connectivity index (χ0v) is 11.3. The minimum absolute atomic E-state index is 0.0263. The lowest BCUT2D eigenvalue weighted by molar-refractivity contribution is 0.140. The fourth-order valence-electron chi connectivity index (χ4n) is 1.96. The van der Waals surface area contributed by atoms with Crippen LogP contribution in [0.25, 0.3) is 11.4 Å². The van der Waals surface area contributed by atoms with Gasteiger partial charge in [-0.2, -0.15) is 4.80 Å². The Balaban J connectivity index is 1.77. The second kappa shape index (κ2) is 5.94. The van der Waals surface area contributed by atoms with Crippen LogP contribution in [0.5, 0.6) is 0 Å². The molecule has 0 radical (unpaired) electrons. The predicted molar refractivity (Wildman–Crippen MR) is 72.4 cm³/mol. The van der Waals surface area contributed by atoms with Crippen LogP contribution >= 0.6 is 0 Å². The number of halogens is 2. The molecule has 1 aromatic carbocycles. The van der Waals surface area contributed by atoms with Crippen LogP contribution in [-0.4, -0.2) is 30.3 Å². The van der Waals surface area contributed by atoms with Crippen molar-refractivity contribution in [3.63, 3.8) is 0 Å². The lowest BCUT2D eigenvalue weighted by Gasteiger charge is -2.10. The van der Waals surface area contributed by atoms with Gasteiger partial charge in [0.1, 0.15) is 17.7 Å². The van der Waals surface area contributed by atoms with E-state index in [2.05, 4.69) is 20.4 Å². The minimum Gasteiger partial charge on any atom is -0.386 e. The number of nitrogens with zero attached hydrogens (tertiary/aromatic N) is 5. The van der Waals surface area contributed by atoms with Crippen molar-refractivity contribution >= 4 is 0 Å². The molecule has 0 aliphatic carbocycles. The summed E-state index contributed by atoms with van der Waals surface area (Å²) in [4.78, 5) is 5.10. The van der Waals surface area contributed by atoms with Crippen molar-refractivity contribution in [2.75, 3.05) is 0 Å². The van der Waals surface area contributed by atoms with Crippen molar-refractivity contribution in [1.29, 1.82) is 0 Å². The van der Waals surface area contributed by atoms with Gasteiger partial charge in [0.05, 0.1) is 6.54 Å². The normalized spacial score (nSPS) is 12.3. The molecule has 0 amide bonds. The largest absolute Gasteiger partial charge is 0.386 e. The third kappa shape index (κ3) is 2.96. The summed E-state index contributed by atoms with van der Waals surface area (Å²) in [5.41, 5.74) is 0.651. The first-order valence-corrected chi connectivity index (χ1v) is 6.44. The number of hydrogen-bond acceptors (Lipinski definition) is 5. The molecule has 2 heterocycles. The fraction of sp³-hybridized carbons (Fsp3) is 0.143. The third-order valence-corrected chi connectivity index (χ3v) is 3.03. The van der Waals surface area contributed by atoms with Crippen LogP contribution in [-0.2, 0) is 6.54 Å². The van der Waals surface area contributed by atoms with E-state index in [9.17, 15) is 13.9 Å². The highest BCUT2D eigenvalue weighted by Gasteiger charge is 2.16. The van der Waals surface area contributed by atoms with Gasteiger partial charge in [0, 0.05) is 29.6 Å². The monoisotopic (exact) mass is 303 g/mol. The van der Waals surface area contributed by atoms with Crippen LogP contribution in [0.2, 0.25) is 0 Å². The maximum absolute atomic E-state index is 13.6. The highest BCUT2D eigenvalue weighted by Crippen LogP contribution is 2.19. The number of hydrogen-bond donors (Lipinski definition) is 1. The molecule has 112 valence electrons. The number of benzene rings is 1. The number of aliphatic hydroxyl groups is 1. The van der Waals surface area contributed by atoms with Gasteiger partial charge in [-0.25, -0.2) is 8.78 Å². The van der Waals surface area contributed by atoms with E-state index in [4.69, 9.17) is 0 Å². The number of aliphatic hydroxyl groups excluding tert-OH is 1. The molecule has 6 nitrogen and oxygen atoms in total. The molecular formula is C14H11F2N5O. The highest BCUT2D eigenvalue weighted by molar-refractivity contribution is 5.51. The lowest BCUT2D eigenvalue weighted by atomic mass is 10.1. The van der Waals surface area contributed by atoms with E-state index in [1.165, 1.54) is 6.07 Å². The molecular weight excluding hydrogens is 292 g/mol. The lowest BCUT2D eigenvalue weighted by Crippen LogP contribution is -2.13. The second-order valence-electron chi connectivity index (χ2n) is 4.59. The zero-order chi connectivity index (χ0) is 15.5. The van der Waals surface area contributed by atoms with Gasteiger partial charge in [-0.15, -0.1) is 10.2 Å². The topological polar surface area (TPSA) is 76.7 Å². The molecule has 3 rings (SSSR count). The summed E-state index contributed by atoms with van der Waals surface area (Å²) in [6.45, 7) is -0.101. The average molecular weight is 303 g/mol. The second-order valence-corrected chi connectivity index (χ2v) is 4.59. The van der Waals surface area contributed by atoms with E-state index in [1.54, 1.807) is 24.5 Å². The van der Waals surface area contributed by atoms with Crippen molar-refractivity contribution in [3.8, 4) is 11.4 Å². The molecule has 0 fully saturated rings. The first-order chi connectivity index (χ1) is 10.6. The molecule has 1 atom stereocenters. The molecule has 8 heteroatoms. The fourth-order valence-corrected chi connectivity index (χ4v) is 1.96. The van der Waals surface area contributed by atoms with E-state index in [-0.39, 0.29) is 12.1 Å². The van der Waals surface area contributed by atoms with Crippen LogP contribution < -0.4 is 0 Å². The Morgan fingerprint density at radius 2 is 2.09 bits per heavy atom. The van der Waals surface area contributed by atoms with Crippen LogP contribution in [0.4, 0.5) is 8.78 Å². The molecule has 0 saturated heterocycles. The summed E-state index contributed by atoms with van der Waals surface area (Å²) in [6, 6.07) is 6.49. The molecule has 0 saturated carbocycles. The molecule has 22 heavy (non-hydrogen) atoms. The Hall–Kier alpha value is -2.74. The number of tetrazole rings is 1. The molecule has 3 aromatic rings. The maximum Gasteiger partial charge on any atom is 0.206 e. The molecule has 2 aromatic heterocycles. The highest BCUT2D eigenvalue weighted by atomic mass is 19.1. The third-order valence-electron chi connectivity index (χ3n) is 3.03. The molecule has 0 bridgehead atoms. The number of aromatic nitrogens is 5. The summed E-state index contributed by atoms with van der Waals surface area (Å²) < 4.78 is 26.5. The van der Waals surface area contributed by atoms with E-state index in [0.29, 0.717) is 17.5 Å². The van der Waals surface area contributed by atoms with Crippen molar-refractivity contribution < 1.29 is 13.9 Å². The van der Waals surface area contributed by atoms with E-state index >= 15 is 0 Å². The molecule has 0 unspecified atom stereocenters. The van der Waals surface area contributed by atoms with Crippen molar-refractivity contribution in [3.05, 3.63) is 59.9 Å². The van der Waals surface area contributed by atoms with Gasteiger partial charge in [0.25, 0.3) is 0 Å². The molecule has 0 aliphatic heterocycles. The van der Waals surface area contributed by atoms with Gasteiger partial charge in [0.15, 0.2) is 0 Å². The van der Waals surface area contributed by atoms with Crippen LogP contribution in [0.1, 0.15) is 11.7 Å². The SMILES string of the molecule is O[C@@H](Cn1nnc(-c2cccnc2)n1)c1ccc(F)cc1F. The Labute approximate surface area is 124 Å². The van der Waals surface area contributed by atoms with Crippen LogP contribution in [0.15, 0.2) is 42.7 Å². The maximum atomic E-state index is 13.6. The first kappa shape index (κ1) is 14.2. The average Bonchev–Trinajstić information content (AvgIpc) is 2.96. The first-order valence-electron chi connectivity index (χ1n) is 6.44. The van der Waals surface area contributed by atoms with E-state index in [1.807, 2.05) is 0 Å². The van der Waals surface area contributed by atoms with Crippen LogP contribution in [0.3, 0.4) is 0 Å². The van der Waals surface area contributed by atoms with Gasteiger partial charge >= 0.3 is 0 Å². The van der Waals surface area contributed by atoms with E-state index < -0.39 is 17.7 Å². The van der Waals surface area contributed by atoms with Crippen molar-refractivity contribution in [2.24, 2.45) is 0 Å². The summed E-state index contributed by atoms with van der Waals surface area (Å²) in [7, 11) is 0. The molecule has 0 aliphatic rings. The number of pyridine rings is 1. The smallest absolute Gasteiger partial charge is 0.206 e. The molecule has 1 N–H and O–H groups in total. The summed E-state index contributed by atoms with van der Waals surface area (Å²) in [6.07, 6.45) is 1.99. The predicted octanol–water partition coefficient (Wildman–Crippen LogP) is 1.75. The van der Waals surface area contributed by atoms with Gasteiger partial charge < -0.3 is 5.11 Å². The standard InChI is InChI=1S/C14H11F2N5O/c15-10-3-4-11(12(16)6-10)13(22)8-21-19-14(18-20-21)9-2-1-5-17-7-9/h1-7,13,22H,8H2/t13-/m0/s1. The summed E-state index contributed by atoms with van der Waals surface area (Å²) >= 11 is 0. The summed E-state index contributed by atoms with van der Waals surface area (Å²) in [5, 5.41) is 21.8. The van der Waals surface area contributed by atoms with Gasteiger partial charge in [-0.1, -0.05) is 6.07 Å². The minimum atomic E-state index is -1.21. The van der Waals surface area contributed by atoms with Crippen molar-refractivity contribution in [1.82, 2.24) is 25.2 Å². The van der Waals surface area contributed by atoms with Crippen molar-refractivity contribution in [2.45, 2.75) is 12.6 Å². The Kier molecular flexibility index (Phi) is 3.84. The number of rotatable bonds is 4. The Morgan fingerprint density at radius 1 is 1.23 bits per heavy atom. The summed E-state index contributed by atoms with van der Waals surface area (Å²) in [5.74, 6) is -1.17. The van der Waals surface area contributed by atoms with E-state index in [0.717, 1.165) is 10.9 Å². The Morgan fingerprint density at radius 3 is 2.82 bits per heavy atom. The zero-order valence-electron chi connectivity index (χ0n) is 11.3. The quantitative estimate of drug-likeness (QED) is 0.794.